The molecule has 5 nitrogen and oxygen atoms in total. The Hall–Kier alpha value is -1.36. The average molecular weight is 253 g/mol. The molecule has 102 valence electrons. The highest BCUT2D eigenvalue weighted by molar-refractivity contribution is 5.70. The Morgan fingerprint density at radius 2 is 2.17 bits per heavy atom. The minimum Gasteiger partial charge on any atom is -0.460 e. The Labute approximate surface area is 109 Å². The molecular formula is C13H23N3O2. The SMILES string of the molecule is CC(C)(C)OC(=O)CCNCCCn1ccnc1. The van der Waals surface area contributed by atoms with Gasteiger partial charge in [0.15, 0.2) is 0 Å². The molecule has 0 aromatic carbocycles. The van der Waals surface area contributed by atoms with Crippen molar-refractivity contribution in [3.63, 3.8) is 0 Å². The molecule has 1 rings (SSSR count). The van der Waals surface area contributed by atoms with Crippen LogP contribution in [0, 0.1) is 0 Å². The van der Waals surface area contributed by atoms with E-state index in [4.69, 9.17) is 4.74 Å². The molecule has 0 fully saturated rings. The molecule has 0 atom stereocenters. The van der Waals surface area contributed by atoms with Gasteiger partial charge in [-0.2, -0.15) is 0 Å². The standard InChI is InChI=1S/C13H23N3O2/c1-13(2,3)18-12(17)5-7-14-6-4-9-16-10-8-15-11-16/h8,10-11,14H,4-7,9H2,1-3H3. The number of ether oxygens (including phenoxy) is 1. The van der Waals surface area contributed by atoms with E-state index in [2.05, 4.69) is 10.3 Å². The van der Waals surface area contributed by atoms with Crippen molar-refractivity contribution in [1.82, 2.24) is 14.9 Å². The van der Waals surface area contributed by atoms with Crippen LogP contribution in [0.4, 0.5) is 0 Å². The van der Waals surface area contributed by atoms with E-state index in [9.17, 15) is 4.79 Å². The van der Waals surface area contributed by atoms with Crippen LogP contribution < -0.4 is 5.32 Å². The summed E-state index contributed by atoms with van der Waals surface area (Å²) in [6.45, 7) is 8.13. The fourth-order valence-electron chi connectivity index (χ4n) is 1.51. The number of rotatable bonds is 7. The molecule has 0 saturated carbocycles. The predicted molar refractivity (Wildman–Crippen MR) is 70.2 cm³/mol. The van der Waals surface area contributed by atoms with Crippen LogP contribution in [0.1, 0.15) is 33.6 Å². The molecule has 0 amide bonds. The van der Waals surface area contributed by atoms with Crippen LogP contribution in [-0.4, -0.2) is 34.2 Å². The highest BCUT2D eigenvalue weighted by Crippen LogP contribution is 2.07. The fraction of sp³-hybridized carbons (Fsp3) is 0.692. The monoisotopic (exact) mass is 253 g/mol. The van der Waals surface area contributed by atoms with E-state index in [0.29, 0.717) is 13.0 Å². The van der Waals surface area contributed by atoms with Gasteiger partial charge in [-0.25, -0.2) is 4.98 Å². The van der Waals surface area contributed by atoms with E-state index in [0.717, 1.165) is 19.5 Å². The van der Waals surface area contributed by atoms with Gasteiger partial charge in [-0.05, 0) is 33.7 Å². The summed E-state index contributed by atoms with van der Waals surface area (Å²) >= 11 is 0. The van der Waals surface area contributed by atoms with E-state index < -0.39 is 5.60 Å². The zero-order valence-electron chi connectivity index (χ0n) is 11.5. The van der Waals surface area contributed by atoms with Crippen molar-refractivity contribution in [1.29, 1.82) is 0 Å². The molecule has 0 spiro atoms. The van der Waals surface area contributed by atoms with E-state index in [1.807, 2.05) is 31.5 Å². The summed E-state index contributed by atoms with van der Waals surface area (Å²) in [6, 6.07) is 0. The van der Waals surface area contributed by atoms with Gasteiger partial charge in [-0.1, -0.05) is 0 Å². The molecule has 1 aromatic rings. The van der Waals surface area contributed by atoms with Crippen molar-refractivity contribution >= 4 is 5.97 Å². The predicted octanol–water partition coefficient (Wildman–Crippen LogP) is 1.59. The summed E-state index contributed by atoms with van der Waals surface area (Å²) in [7, 11) is 0. The van der Waals surface area contributed by atoms with Gasteiger partial charge in [0.25, 0.3) is 0 Å². The summed E-state index contributed by atoms with van der Waals surface area (Å²) in [5.41, 5.74) is -0.390. The Morgan fingerprint density at radius 1 is 1.39 bits per heavy atom. The highest BCUT2D eigenvalue weighted by atomic mass is 16.6. The highest BCUT2D eigenvalue weighted by Gasteiger charge is 2.15. The number of nitrogens with zero attached hydrogens (tertiary/aromatic N) is 2. The molecule has 1 heterocycles. The number of imidazole rings is 1. The Morgan fingerprint density at radius 3 is 2.78 bits per heavy atom. The van der Waals surface area contributed by atoms with E-state index in [-0.39, 0.29) is 5.97 Å². The Kier molecular flexibility index (Phi) is 5.85. The lowest BCUT2D eigenvalue weighted by atomic mass is 10.2. The first-order valence-electron chi connectivity index (χ1n) is 6.36. The Bertz CT molecular complexity index is 342. The lowest BCUT2D eigenvalue weighted by molar-refractivity contribution is -0.154. The van der Waals surface area contributed by atoms with Gasteiger partial charge in [0.1, 0.15) is 5.60 Å². The summed E-state index contributed by atoms with van der Waals surface area (Å²) < 4.78 is 7.25. The van der Waals surface area contributed by atoms with E-state index in [1.165, 1.54) is 0 Å². The molecule has 5 heteroatoms. The quantitative estimate of drug-likeness (QED) is 0.592. The second kappa shape index (κ2) is 7.16. The fourth-order valence-corrected chi connectivity index (χ4v) is 1.51. The number of aryl methyl sites for hydroxylation is 1. The summed E-state index contributed by atoms with van der Waals surface area (Å²) in [4.78, 5) is 15.4. The zero-order valence-corrected chi connectivity index (χ0v) is 11.5. The molecule has 0 unspecified atom stereocenters. The van der Waals surface area contributed by atoms with E-state index in [1.54, 1.807) is 12.5 Å². The van der Waals surface area contributed by atoms with Gasteiger partial charge < -0.3 is 14.6 Å². The Balaban J connectivity index is 1.97. The smallest absolute Gasteiger partial charge is 0.307 e. The molecule has 0 radical (unpaired) electrons. The van der Waals surface area contributed by atoms with Gasteiger partial charge >= 0.3 is 5.97 Å². The molecule has 1 N–H and O–H groups in total. The second-order valence-corrected chi connectivity index (χ2v) is 5.24. The molecule has 0 saturated heterocycles. The van der Waals surface area contributed by atoms with Gasteiger partial charge in [0.05, 0.1) is 12.7 Å². The van der Waals surface area contributed by atoms with Crippen molar-refractivity contribution in [2.45, 2.75) is 45.8 Å². The van der Waals surface area contributed by atoms with Crippen molar-refractivity contribution in [3.05, 3.63) is 18.7 Å². The molecular weight excluding hydrogens is 230 g/mol. The topological polar surface area (TPSA) is 56.1 Å². The lowest BCUT2D eigenvalue weighted by Gasteiger charge is -2.19. The van der Waals surface area contributed by atoms with Crippen LogP contribution in [0.2, 0.25) is 0 Å². The number of hydrogen-bond acceptors (Lipinski definition) is 4. The molecule has 18 heavy (non-hydrogen) atoms. The summed E-state index contributed by atoms with van der Waals surface area (Å²) in [6.07, 6.45) is 6.96. The maximum atomic E-state index is 11.4. The van der Waals surface area contributed by atoms with Crippen molar-refractivity contribution in [3.8, 4) is 0 Å². The largest absolute Gasteiger partial charge is 0.460 e. The first-order chi connectivity index (χ1) is 8.47. The maximum absolute atomic E-state index is 11.4. The van der Waals surface area contributed by atoms with Crippen molar-refractivity contribution in [2.75, 3.05) is 13.1 Å². The first-order valence-corrected chi connectivity index (χ1v) is 6.36. The minimum absolute atomic E-state index is 0.149. The summed E-state index contributed by atoms with van der Waals surface area (Å²) in [5.74, 6) is -0.149. The van der Waals surface area contributed by atoms with Gasteiger partial charge in [0, 0.05) is 25.5 Å². The van der Waals surface area contributed by atoms with Gasteiger partial charge in [-0.15, -0.1) is 0 Å². The number of esters is 1. The molecule has 0 aliphatic heterocycles. The van der Waals surface area contributed by atoms with Crippen LogP contribution in [-0.2, 0) is 16.1 Å². The lowest BCUT2D eigenvalue weighted by Crippen LogP contribution is -2.27. The minimum atomic E-state index is -0.390. The maximum Gasteiger partial charge on any atom is 0.307 e. The first kappa shape index (κ1) is 14.7. The van der Waals surface area contributed by atoms with Crippen LogP contribution in [0.5, 0.6) is 0 Å². The number of hydrogen-bond donors (Lipinski definition) is 1. The van der Waals surface area contributed by atoms with E-state index >= 15 is 0 Å². The average Bonchev–Trinajstić information content (AvgIpc) is 2.73. The van der Waals surface area contributed by atoms with Crippen molar-refractivity contribution in [2.24, 2.45) is 0 Å². The van der Waals surface area contributed by atoms with Gasteiger partial charge in [0.2, 0.25) is 0 Å². The third-order valence-corrected chi connectivity index (χ3v) is 2.25. The van der Waals surface area contributed by atoms with Gasteiger partial charge in [-0.3, -0.25) is 4.79 Å². The van der Waals surface area contributed by atoms with Crippen molar-refractivity contribution < 1.29 is 9.53 Å². The molecule has 1 aromatic heterocycles. The third-order valence-electron chi connectivity index (χ3n) is 2.25. The van der Waals surface area contributed by atoms with Crippen LogP contribution in [0.3, 0.4) is 0 Å². The summed E-state index contributed by atoms with van der Waals surface area (Å²) in [5, 5.41) is 3.23. The number of nitrogens with one attached hydrogen (secondary N) is 1. The molecule has 0 aliphatic rings. The number of carbonyl (C=O) groups is 1. The second-order valence-electron chi connectivity index (χ2n) is 5.24. The molecule has 0 aliphatic carbocycles. The number of aromatic nitrogens is 2. The van der Waals surface area contributed by atoms with Crippen LogP contribution in [0.15, 0.2) is 18.7 Å². The van der Waals surface area contributed by atoms with Crippen LogP contribution >= 0.6 is 0 Å². The number of carbonyl (C=O) groups excluding carboxylic acids is 1. The normalized spacial score (nSPS) is 11.5. The zero-order chi connectivity index (χ0) is 13.4. The third kappa shape index (κ3) is 7.06. The van der Waals surface area contributed by atoms with Crippen LogP contribution in [0.25, 0.3) is 0 Å². The molecule has 0 bridgehead atoms.